The average molecular weight is 561 g/mol. The lowest BCUT2D eigenvalue weighted by molar-refractivity contribution is -0.900. The first-order chi connectivity index (χ1) is 15.3. The maximum absolute atomic E-state index is 10.9. The van der Waals surface area contributed by atoms with Crippen LogP contribution in [0, 0.1) is 5.41 Å². The molecule has 15 nitrogen and oxygen atoms in total. The number of carboxylic acid groups (broad SMARTS) is 1. The predicted octanol–water partition coefficient (Wildman–Crippen LogP) is -1.22. The Hall–Kier alpha value is -2.63. The molecular formula is C16H22IN10O5+. The Balaban J connectivity index is 1.85. The van der Waals surface area contributed by atoms with Gasteiger partial charge in [0.15, 0.2) is 23.2 Å². The molecule has 7 N–H and O–H groups in total. The third-order valence-electron chi connectivity index (χ3n) is 5.14. The number of aliphatic hydroxyl groups is 2. The van der Waals surface area contributed by atoms with Crippen molar-refractivity contribution in [1.82, 2.24) is 19.5 Å². The second-order valence-electron chi connectivity index (χ2n) is 7.13. The molecule has 32 heavy (non-hydrogen) atoms. The van der Waals surface area contributed by atoms with Gasteiger partial charge in [0.25, 0.3) is 0 Å². The highest BCUT2D eigenvalue weighted by Crippen LogP contribution is 2.35. The summed E-state index contributed by atoms with van der Waals surface area (Å²) in [6, 6.07) is 0. The molecule has 0 spiro atoms. The van der Waals surface area contributed by atoms with Gasteiger partial charge in [-0.2, -0.15) is 0 Å². The summed E-state index contributed by atoms with van der Waals surface area (Å²) in [7, 11) is 0. The zero-order chi connectivity index (χ0) is 23.4. The van der Waals surface area contributed by atoms with Gasteiger partial charge < -0.3 is 30.7 Å². The second kappa shape index (κ2) is 10.3. The van der Waals surface area contributed by atoms with E-state index in [2.05, 4.69) is 47.6 Å². The van der Waals surface area contributed by atoms with E-state index in [0.717, 1.165) is 9.33 Å². The van der Waals surface area contributed by atoms with Gasteiger partial charge in [0.2, 0.25) is 5.95 Å². The summed E-state index contributed by atoms with van der Waals surface area (Å²) >= 11 is 2.18. The number of carbonyl (C=O) groups is 1. The fourth-order valence-corrected chi connectivity index (χ4v) is 4.29. The number of alkyl halides is 1. The lowest BCUT2D eigenvalue weighted by Gasteiger charge is -2.23. The van der Waals surface area contributed by atoms with Crippen LogP contribution in [0.15, 0.2) is 11.4 Å². The Labute approximate surface area is 194 Å². The Morgan fingerprint density at radius 2 is 2.16 bits per heavy atom. The summed E-state index contributed by atoms with van der Waals surface area (Å²) in [6.07, 6.45) is -3.40. The smallest absolute Gasteiger partial charge is 0.349 e. The fraction of sp³-hybridized carbons (Fsp3) is 0.562. The quantitative estimate of drug-likeness (QED) is 0.0509. The number of aromatic nitrogens is 4. The van der Waals surface area contributed by atoms with Gasteiger partial charge in [-0.15, -0.1) is 0 Å². The molecule has 2 aromatic rings. The number of carboxylic acids is 1. The third-order valence-corrected chi connectivity index (χ3v) is 5.68. The van der Waals surface area contributed by atoms with Gasteiger partial charge in [-0.25, -0.2) is 19.7 Å². The first-order valence-corrected chi connectivity index (χ1v) is 11.1. The van der Waals surface area contributed by atoms with E-state index >= 15 is 0 Å². The highest BCUT2D eigenvalue weighted by Gasteiger charge is 2.46. The number of quaternary nitrogens is 1. The van der Waals surface area contributed by atoms with E-state index in [4.69, 9.17) is 26.5 Å². The minimum Gasteiger partial charge on any atom is -0.477 e. The molecule has 1 aliphatic heterocycles. The van der Waals surface area contributed by atoms with Gasteiger partial charge in [-0.3, -0.25) is 9.98 Å². The molecule has 5 atom stereocenters. The number of halogens is 1. The molecule has 16 heteroatoms. The molecule has 0 radical (unpaired) electrons. The number of aliphatic hydroxyl groups excluding tert-OH is 2. The van der Waals surface area contributed by atoms with E-state index in [1.54, 1.807) is 0 Å². The van der Waals surface area contributed by atoms with Gasteiger partial charge in [0.05, 0.1) is 13.1 Å². The van der Waals surface area contributed by atoms with Crippen LogP contribution in [0.25, 0.3) is 21.6 Å². The SMILES string of the molecule is [N-]=[N+]=Nc1nc2c(N)ncnc2n1[C@@H]1O[C@H](C[NH+](CCI)CCC(=N)C(=O)O)C(O)[C@@H]1O. The van der Waals surface area contributed by atoms with Gasteiger partial charge in [-0.1, -0.05) is 22.6 Å². The fourth-order valence-electron chi connectivity index (χ4n) is 3.53. The second-order valence-corrected chi connectivity index (χ2v) is 8.20. The highest BCUT2D eigenvalue weighted by molar-refractivity contribution is 14.1. The Morgan fingerprint density at radius 1 is 1.41 bits per heavy atom. The number of nitrogens with two attached hydrogens (primary N) is 1. The van der Waals surface area contributed by atoms with Gasteiger partial charge in [0.1, 0.15) is 36.9 Å². The monoisotopic (exact) mass is 561 g/mol. The highest BCUT2D eigenvalue weighted by atomic mass is 127. The van der Waals surface area contributed by atoms with Gasteiger partial charge >= 0.3 is 5.97 Å². The standard InChI is InChI=1S/C16H21IN10O5/c17-2-4-26(3-1-7(18)15(30)31)5-8-10(28)11(29)14(32-8)27-13-9(12(19)21-6-22-13)23-16(27)24-25-20/h6,8,10-11,14,18,28-29H,1-5H2,(H,30,31)(H2,19,21,22)/p+1/t8-,10?,11+,14-/m1/s1. The van der Waals surface area contributed by atoms with E-state index in [9.17, 15) is 15.0 Å². The first kappa shape index (κ1) is 24.0. The summed E-state index contributed by atoms with van der Waals surface area (Å²) in [6.45, 7) is 1.25. The largest absolute Gasteiger partial charge is 0.477 e. The normalized spacial score (nSPS) is 23.7. The topological polar surface area (TPSA) is 234 Å². The number of nitrogens with zero attached hydrogens (tertiary/aromatic N) is 7. The lowest BCUT2D eigenvalue weighted by Crippen LogP contribution is -3.13. The Bertz CT molecular complexity index is 1060. The van der Waals surface area contributed by atoms with Crippen LogP contribution in [0.5, 0.6) is 0 Å². The van der Waals surface area contributed by atoms with E-state index in [-0.39, 0.29) is 35.9 Å². The summed E-state index contributed by atoms with van der Waals surface area (Å²) in [5.74, 6) is -1.38. The number of anilines is 1. The van der Waals surface area contributed by atoms with Crippen LogP contribution in [0.4, 0.5) is 11.8 Å². The number of hydrogen-bond donors (Lipinski definition) is 6. The zero-order valence-electron chi connectivity index (χ0n) is 16.7. The molecule has 3 heterocycles. The minimum atomic E-state index is -1.39. The van der Waals surface area contributed by atoms with Gasteiger partial charge in [0, 0.05) is 15.8 Å². The van der Waals surface area contributed by atoms with Crippen LogP contribution in [0.2, 0.25) is 0 Å². The van der Waals surface area contributed by atoms with Crippen LogP contribution in [0.3, 0.4) is 0 Å². The van der Waals surface area contributed by atoms with Crippen molar-refractivity contribution in [2.24, 2.45) is 5.11 Å². The number of rotatable bonds is 10. The number of fused-ring (bicyclic) bond motifs is 1. The number of azide groups is 1. The number of ether oxygens (including phenoxy) is 1. The maximum atomic E-state index is 10.9. The maximum Gasteiger partial charge on any atom is 0.349 e. The lowest BCUT2D eigenvalue weighted by atomic mass is 10.1. The molecule has 0 amide bonds. The molecule has 1 fully saturated rings. The molecule has 2 aromatic heterocycles. The third kappa shape index (κ3) is 4.89. The summed E-state index contributed by atoms with van der Waals surface area (Å²) in [4.78, 5) is 26.6. The van der Waals surface area contributed by atoms with E-state index in [1.807, 2.05) is 0 Å². The molecular weight excluding hydrogens is 539 g/mol. The predicted molar refractivity (Wildman–Crippen MR) is 119 cm³/mol. The Kier molecular flexibility index (Phi) is 7.75. The average Bonchev–Trinajstić information content (AvgIpc) is 3.25. The first-order valence-electron chi connectivity index (χ1n) is 9.53. The summed E-state index contributed by atoms with van der Waals surface area (Å²) in [5.41, 5.74) is 14.6. The zero-order valence-corrected chi connectivity index (χ0v) is 18.8. The van der Waals surface area contributed by atoms with Crippen LogP contribution >= 0.6 is 22.6 Å². The van der Waals surface area contributed by atoms with Crippen molar-refractivity contribution in [1.29, 1.82) is 5.41 Å². The van der Waals surface area contributed by atoms with Crippen LogP contribution in [-0.4, -0.2) is 88.9 Å². The molecule has 3 rings (SSSR count). The molecule has 1 aliphatic rings. The molecule has 0 aromatic carbocycles. The molecule has 172 valence electrons. The minimum absolute atomic E-state index is 0.0475. The number of nitrogen functional groups attached to an aromatic ring is 1. The molecule has 1 saturated heterocycles. The molecule has 0 saturated carbocycles. The number of hydrogen-bond acceptors (Lipinski definition) is 10. The molecule has 0 aliphatic carbocycles. The summed E-state index contributed by atoms with van der Waals surface area (Å²) < 4.78 is 7.96. The molecule has 2 unspecified atom stereocenters. The van der Waals surface area contributed by atoms with Crippen molar-refractivity contribution in [2.45, 2.75) is 31.0 Å². The van der Waals surface area contributed by atoms with Crippen molar-refractivity contribution in [3.05, 3.63) is 16.8 Å². The van der Waals surface area contributed by atoms with E-state index < -0.39 is 36.2 Å². The van der Waals surface area contributed by atoms with Crippen molar-refractivity contribution < 1.29 is 29.8 Å². The van der Waals surface area contributed by atoms with Crippen LogP contribution < -0.4 is 10.6 Å². The van der Waals surface area contributed by atoms with Crippen molar-refractivity contribution in [3.63, 3.8) is 0 Å². The van der Waals surface area contributed by atoms with Crippen LogP contribution in [0.1, 0.15) is 12.6 Å². The number of imidazole rings is 1. The van der Waals surface area contributed by atoms with Gasteiger partial charge in [-0.05, 0) is 10.6 Å². The Morgan fingerprint density at radius 3 is 2.81 bits per heavy atom. The van der Waals surface area contributed by atoms with E-state index in [1.165, 1.54) is 10.9 Å². The number of nitrogens with one attached hydrogen (secondary N) is 2. The van der Waals surface area contributed by atoms with Crippen molar-refractivity contribution in [3.8, 4) is 0 Å². The summed E-state index contributed by atoms with van der Waals surface area (Å²) in [5, 5.41) is 41.3. The van der Waals surface area contributed by atoms with Crippen LogP contribution in [-0.2, 0) is 9.53 Å². The molecule has 0 bridgehead atoms. The number of aliphatic carboxylic acids is 1. The van der Waals surface area contributed by atoms with Crippen molar-refractivity contribution in [2.75, 3.05) is 29.8 Å². The van der Waals surface area contributed by atoms with Crippen molar-refractivity contribution >= 4 is 57.2 Å². The van der Waals surface area contributed by atoms with E-state index in [0.29, 0.717) is 13.1 Å².